The number of anilines is 1. The van der Waals surface area contributed by atoms with Gasteiger partial charge >= 0.3 is 0 Å². The Labute approximate surface area is 109 Å². The van der Waals surface area contributed by atoms with Crippen LogP contribution in [0.5, 0.6) is 0 Å². The summed E-state index contributed by atoms with van der Waals surface area (Å²) < 4.78 is 10.9. The molecule has 0 aliphatic carbocycles. The van der Waals surface area contributed by atoms with Gasteiger partial charge in [0.25, 0.3) is 5.89 Å². The minimum Gasteiger partial charge on any atom is -0.420 e. The van der Waals surface area contributed by atoms with Crippen LogP contribution in [0, 0.1) is 0 Å². The lowest BCUT2D eigenvalue weighted by atomic mass is 10.3. The molecule has 3 N–H and O–H groups in total. The highest BCUT2D eigenvalue weighted by Gasteiger charge is 2.15. The Balaban J connectivity index is 1.60. The molecule has 1 fully saturated rings. The van der Waals surface area contributed by atoms with Gasteiger partial charge in [0.2, 0.25) is 5.89 Å². The first-order chi connectivity index (χ1) is 9.33. The summed E-state index contributed by atoms with van der Waals surface area (Å²) in [6, 6.07) is 0. The predicted octanol–water partition coefficient (Wildman–Crippen LogP) is -0.0834. The van der Waals surface area contributed by atoms with E-state index in [9.17, 15) is 0 Å². The van der Waals surface area contributed by atoms with E-state index in [2.05, 4.69) is 25.3 Å². The van der Waals surface area contributed by atoms with E-state index in [0.717, 1.165) is 39.3 Å². The smallest absolute Gasteiger partial charge is 0.253 e. The molecule has 8 heteroatoms. The van der Waals surface area contributed by atoms with Crippen LogP contribution in [-0.2, 0) is 11.2 Å². The molecule has 3 heterocycles. The summed E-state index contributed by atoms with van der Waals surface area (Å²) in [4.78, 5) is 2.32. The first kappa shape index (κ1) is 12.1. The van der Waals surface area contributed by atoms with Gasteiger partial charge in [0.05, 0.1) is 19.4 Å². The fourth-order valence-electron chi connectivity index (χ4n) is 2.01. The summed E-state index contributed by atoms with van der Waals surface area (Å²) in [5.74, 6) is 1.45. The third-order valence-corrected chi connectivity index (χ3v) is 3.11. The maximum absolute atomic E-state index is 5.70. The molecule has 8 nitrogen and oxygen atoms in total. The molecule has 1 saturated heterocycles. The van der Waals surface area contributed by atoms with Crippen molar-refractivity contribution < 1.29 is 9.15 Å². The molecule has 0 atom stereocenters. The molecule has 0 aromatic carbocycles. The topological polar surface area (TPSA) is 106 Å². The Hall–Kier alpha value is -1.93. The molecule has 1 aliphatic rings. The molecule has 2 aromatic rings. The van der Waals surface area contributed by atoms with E-state index in [1.165, 1.54) is 0 Å². The van der Waals surface area contributed by atoms with Gasteiger partial charge < -0.3 is 14.9 Å². The summed E-state index contributed by atoms with van der Waals surface area (Å²) >= 11 is 0. The molecular weight excluding hydrogens is 248 g/mol. The van der Waals surface area contributed by atoms with E-state index in [4.69, 9.17) is 14.9 Å². The minimum atomic E-state index is 0.406. The van der Waals surface area contributed by atoms with E-state index >= 15 is 0 Å². The van der Waals surface area contributed by atoms with Crippen molar-refractivity contribution in [3.8, 4) is 11.5 Å². The zero-order valence-corrected chi connectivity index (χ0v) is 10.5. The number of aromatic amines is 1. The van der Waals surface area contributed by atoms with Crippen molar-refractivity contribution in [2.24, 2.45) is 0 Å². The summed E-state index contributed by atoms with van der Waals surface area (Å²) in [6.45, 7) is 4.39. The van der Waals surface area contributed by atoms with Crippen LogP contribution in [0.4, 0.5) is 5.82 Å². The summed E-state index contributed by atoms with van der Waals surface area (Å²) in [5.41, 5.74) is 6.35. The number of nitrogens with zero attached hydrogens (tertiary/aromatic N) is 4. The fourth-order valence-corrected chi connectivity index (χ4v) is 2.01. The molecule has 0 bridgehead atoms. The second-order valence-corrected chi connectivity index (χ2v) is 4.40. The first-order valence-corrected chi connectivity index (χ1v) is 6.24. The lowest BCUT2D eigenvalue weighted by molar-refractivity contribution is 0.0377. The number of nitrogens with two attached hydrogens (primary N) is 1. The van der Waals surface area contributed by atoms with Crippen LogP contribution in [0.2, 0.25) is 0 Å². The molecular formula is C11H16N6O2. The summed E-state index contributed by atoms with van der Waals surface area (Å²) in [5, 5.41) is 14.5. The Morgan fingerprint density at radius 2 is 2.16 bits per heavy atom. The van der Waals surface area contributed by atoms with Crippen molar-refractivity contribution in [2.75, 3.05) is 38.6 Å². The SMILES string of the molecule is Nc1[nH]ncc1-c1nnc(CCN2CCOCC2)o1. The second-order valence-electron chi connectivity index (χ2n) is 4.40. The minimum absolute atomic E-state index is 0.406. The molecule has 0 radical (unpaired) electrons. The van der Waals surface area contributed by atoms with Crippen LogP contribution in [-0.4, -0.2) is 58.1 Å². The zero-order valence-electron chi connectivity index (χ0n) is 10.5. The quantitative estimate of drug-likeness (QED) is 0.795. The number of H-pyrrole nitrogens is 1. The number of ether oxygens (including phenoxy) is 1. The lowest BCUT2D eigenvalue weighted by Gasteiger charge is -2.25. The van der Waals surface area contributed by atoms with Gasteiger partial charge in [-0.2, -0.15) is 5.10 Å². The van der Waals surface area contributed by atoms with E-state index in [1.54, 1.807) is 6.20 Å². The standard InChI is InChI=1S/C11H16N6O2/c12-10-8(7-13-15-10)11-16-14-9(19-11)1-2-17-3-5-18-6-4-17/h7H,1-6H2,(H3,12,13,15). The summed E-state index contributed by atoms with van der Waals surface area (Å²) in [6.07, 6.45) is 2.30. The fraction of sp³-hybridized carbons (Fsp3) is 0.545. The van der Waals surface area contributed by atoms with Gasteiger partial charge in [-0.15, -0.1) is 10.2 Å². The molecule has 0 saturated carbocycles. The van der Waals surface area contributed by atoms with Crippen LogP contribution >= 0.6 is 0 Å². The van der Waals surface area contributed by atoms with Crippen molar-refractivity contribution in [1.82, 2.24) is 25.3 Å². The zero-order chi connectivity index (χ0) is 13.1. The van der Waals surface area contributed by atoms with Crippen LogP contribution in [0.3, 0.4) is 0 Å². The van der Waals surface area contributed by atoms with Gasteiger partial charge in [0, 0.05) is 26.1 Å². The Morgan fingerprint density at radius 3 is 2.89 bits per heavy atom. The van der Waals surface area contributed by atoms with Crippen molar-refractivity contribution in [2.45, 2.75) is 6.42 Å². The number of hydrogen-bond acceptors (Lipinski definition) is 7. The van der Waals surface area contributed by atoms with E-state index in [0.29, 0.717) is 23.2 Å². The second kappa shape index (κ2) is 5.37. The number of rotatable bonds is 4. The molecule has 0 unspecified atom stereocenters. The van der Waals surface area contributed by atoms with E-state index < -0.39 is 0 Å². The molecule has 19 heavy (non-hydrogen) atoms. The number of aromatic nitrogens is 4. The largest absolute Gasteiger partial charge is 0.420 e. The van der Waals surface area contributed by atoms with Crippen molar-refractivity contribution in [3.05, 3.63) is 12.1 Å². The molecule has 2 aromatic heterocycles. The van der Waals surface area contributed by atoms with Gasteiger partial charge in [-0.3, -0.25) is 10.00 Å². The Bertz CT molecular complexity index is 531. The summed E-state index contributed by atoms with van der Waals surface area (Å²) in [7, 11) is 0. The number of hydrogen-bond donors (Lipinski definition) is 2. The van der Waals surface area contributed by atoms with Gasteiger partial charge in [-0.1, -0.05) is 0 Å². The highest BCUT2D eigenvalue weighted by atomic mass is 16.5. The normalized spacial score (nSPS) is 16.8. The highest BCUT2D eigenvalue weighted by molar-refractivity contribution is 5.65. The Morgan fingerprint density at radius 1 is 1.32 bits per heavy atom. The highest BCUT2D eigenvalue weighted by Crippen LogP contribution is 2.21. The Kier molecular flexibility index (Phi) is 3.43. The van der Waals surface area contributed by atoms with Crippen LogP contribution < -0.4 is 5.73 Å². The maximum Gasteiger partial charge on any atom is 0.253 e. The number of morpholine rings is 1. The van der Waals surface area contributed by atoms with Gasteiger partial charge in [0.1, 0.15) is 11.4 Å². The molecule has 0 amide bonds. The van der Waals surface area contributed by atoms with Gasteiger partial charge in [-0.25, -0.2) is 0 Å². The van der Waals surface area contributed by atoms with Crippen molar-refractivity contribution >= 4 is 5.82 Å². The van der Waals surface area contributed by atoms with E-state index in [-0.39, 0.29) is 0 Å². The van der Waals surface area contributed by atoms with E-state index in [1.807, 2.05) is 0 Å². The molecule has 3 rings (SSSR count). The average molecular weight is 264 g/mol. The number of nitrogen functional groups attached to an aromatic ring is 1. The maximum atomic E-state index is 5.70. The molecule has 1 aliphatic heterocycles. The monoisotopic (exact) mass is 264 g/mol. The van der Waals surface area contributed by atoms with Crippen molar-refractivity contribution in [1.29, 1.82) is 0 Å². The number of nitrogens with one attached hydrogen (secondary N) is 1. The molecule has 0 spiro atoms. The van der Waals surface area contributed by atoms with Crippen LogP contribution in [0.1, 0.15) is 5.89 Å². The third-order valence-electron chi connectivity index (χ3n) is 3.11. The van der Waals surface area contributed by atoms with Crippen molar-refractivity contribution in [3.63, 3.8) is 0 Å². The van der Waals surface area contributed by atoms with Gasteiger partial charge in [0.15, 0.2) is 0 Å². The predicted molar refractivity (Wildman–Crippen MR) is 67.3 cm³/mol. The third kappa shape index (κ3) is 2.74. The average Bonchev–Trinajstić information content (AvgIpc) is 3.06. The molecule has 102 valence electrons. The van der Waals surface area contributed by atoms with Crippen LogP contribution in [0.25, 0.3) is 11.5 Å². The first-order valence-electron chi connectivity index (χ1n) is 6.24. The lowest BCUT2D eigenvalue weighted by Crippen LogP contribution is -2.37. The van der Waals surface area contributed by atoms with Gasteiger partial charge in [-0.05, 0) is 0 Å². The van der Waals surface area contributed by atoms with Crippen LogP contribution in [0.15, 0.2) is 10.6 Å².